The predicted octanol–water partition coefficient (Wildman–Crippen LogP) is 2.64. The number of carbonyl (C=O) groups is 1. The second kappa shape index (κ2) is 7.57. The second-order valence-corrected chi connectivity index (χ2v) is 7.57. The predicted molar refractivity (Wildman–Crippen MR) is 97.1 cm³/mol. The van der Waals surface area contributed by atoms with E-state index in [4.69, 9.17) is 0 Å². The number of aliphatic hydroxyl groups is 1. The van der Waals surface area contributed by atoms with E-state index in [9.17, 15) is 9.90 Å². The summed E-state index contributed by atoms with van der Waals surface area (Å²) in [7, 11) is 0. The first-order valence-electron chi connectivity index (χ1n) is 8.54. The molecule has 2 unspecified atom stereocenters. The van der Waals surface area contributed by atoms with Crippen molar-refractivity contribution < 1.29 is 9.90 Å². The van der Waals surface area contributed by atoms with Crippen molar-refractivity contribution >= 4 is 23.3 Å². The van der Waals surface area contributed by atoms with Crippen LogP contribution in [-0.2, 0) is 10.5 Å². The van der Waals surface area contributed by atoms with Gasteiger partial charge in [0.2, 0.25) is 5.91 Å². The molecule has 2 atom stereocenters. The Morgan fingerprint density at radius 2 is 2.25 bits per heavy atom. The van der Waals surface area contributed by atoms with Crippen molar-refractivity contribution in [3.8, 4) is 0 Å². The maximum atomic E-state index is 12.5. The number of aryl methyl sites for hydroxylation is 1. The number of hydrogen-bond donors (Lipinski definition) is 1. The van der Waals surface area contributed by atoms with Crippen LogP contribution in [0.3, 0.4) is 0 Å². The number of carbonyl (C=O) groups excluding carboxylic acids is 1. The summed E-state index contributed by atoms with van der Waals surface area (Å²) in [5, 5.41) is 9.89. The molecule has 0 aliphatic carbocycles. The standard InChI is InChI=1S/C18H25N3O2S/c1-13-6-7-17-19-15(10-20(17)9-13)11-24-12-18(23)21-8-4-3-5-16(21)14(2)22/h6-7,9-10,14,16,22H,3-5,8,11-12H2,1-2H3. The zero-order valence-corrected chi connectivity index (χ0v) is 15.1. The number of fused-ring (bicyclic) bond motifs is 1. The molecule has 2 aromatic heterocycles. The van der Waals surface area contributed by atoms with Gasteiger partial charge in [0.1, 0.15) is 5.65 Å². The Hall–Kier alpha value is -1.53. The first kappa shape index (κ1) is 17.3. The fourth-order valence-electron chi connectivity index (χ4n) is 3.32. The molecular formula is C18H25N3O2S. The Labute approximate surface area is 147 Å². The van der Waals surface area contributed by atoms with Crippen LogP contribution in [0.25, 0.3) is 5.65 Å². The van der Waals surface area contributed by atoms with Gasteiger partial charge in [0.05, 0.1) is 23.6 Å². The SMILES string of the molecule is Cc1ccc2nc(CSCC(=O)N3CCCCC3C(C)O)cn2c1. The van der Waals surface area contributed by atoms with Crippen LogP contribution in [0.15, 0.2) is 24.5 Å². The van der Waals surface area contributed by atoms with E-state index < -0.39 is 6.10 Å². The molecule has 130 valence electrons. The van der Waals surface area contributed by atoms with Crippen LogP contribution in [0.4, 0.5) is 0 Å². The zero-order valence-electron chi connectivity index (χ0n) is 14.3. The lowest BCUT2D eigenvalue weighted by atomic mass is 9.98. The summed E-state index contributed by atoms with van der Waals surface area (Å²) >= 11 is 1.59. The van der Waals surface area contributed by atoms with Crippen molar-refractivity contribution in [1.82, 2.24) is 14.3 Å². The Balaban J connectivity index is 1.55. The van der Waals surface area contributed by atoms with E-state index in [1.54, 1.807) is 18.7 Å². The van der Waals surface area contributed by atoms with Gasteiger partial charge in [0.25, 0.3) is 0 Å². The number of thioether (sulfide) groups is 1. The first-order chi connectivity index (χ1) is 11.5. The molecule has 2 aromatic rings. The average Bonchev–Trinajstić information content (AvgIpc) is 2.96. The molecule has 6 heteroatoms. The van der Waals surface area contributed by atoms with Crippen LogP contribution in [0.5, 0.6) is 0 Å². The molecule has 1 N–H and O–H groups in total. The second-order valence-electron chi connectivity index (χ2n) is 6.59. The minimum absolute atomic E-state index is 0.0231. The molecule has 0 radical (unpaired) electrons. The smallest absolute Gasteiger partial charge is 0.232 e. The van der Waals surface area contributed by atoms with Crippen molar-refractivity contribution in [1.29, 1.82) is 0 Å². The van der Waals surface area contributed by atoms with Gasteiger partial charge < -0.3 is 14.4 Å². The molecule has 0 bridgehead atoms. The summed E-state index contributed by atoms with van der Waals surface area (Å²) in [6.45, 7) is 4.61. The number of likely N-dealkylation sites (tertiary alicyclic amines) is 1. The number of nitrogens with zero attached hydrogens (tertiary/aromatic N) is 3. The number of pyridine rings is 1. The van der Waals surface area contributed by atoms with Crippen LogP contribution < -0.4 is 0 Å². The van der Waals surface area contributed by atoms with Crippen LogP contribution in [0, 0.1) is 6.92 Å². The average molecular weight is 347 g/mol. The fourth-order valence-corrected chi connectivity index (χ4v) is 4.11. The fraction of sp³-hybridized carbons (Fsp3) is 0.556. The van der Waals surface area contributed by atoms with E-state index in [0.29, 0.717) is 5.75 Å². The van der Waals surface area contributed by atoms with Gasteiger partial charge in [-0.3, -0.25) is 4.79 Å². The van der Waals surface area contributed by atoms with Gasteiger partial charge in [0.15, 0.2) is 0 Å². The normalized spacial score (nSPS) is 19.6. The minimum atomic E-state index is -0.457. The lowest BCUT2D eigenvalue weighted by Gasteiger charge is -2.37. The number of hydrogen-bond acceptors (Lipinski definition) is 4. The lowest BCUT2D eigenvalue weighted by Crippen LogP contribution is -2.49. The van der Waals surface area contributed by atoms with Gasteiger partial charge in [-0.25, -0.2) is 4.98 Å². The number of piperidine rings is 1. The number of imidazole rings is 1. The van der Waals surface area contributed by atoms with E-state index in [-0.39, 0.29) is 11.9 Å². The van der Waals surface area contributed by atoms with Crippen LogP contribution in [-0.4, -0.2) is 49.7 Å². The van der Waals surface area contributed by atoms with Crippen LogP contribution in [0.1, 0.15) is 37.4 Å². The number of aliphatic hydroxyl groups excluding tert-OH is 1. The molecule has 1 aliphatic rings. The van der Waals surface area contributed by atoms with Gasteiger partial charge >= 0.3 is 0 Å². The molecule has 5 nitrogen and oxygen atoms in total. The van der Waals surface area contributed by atoms with E-state index in [1.807, 2.05) is 21.6 Å². The van der Waals surface area contributed by atoms with E-state index >= 15 is 0 Å². The maximum Gasteiger partial charge on any atom is 0.232 e. The summed E-state index contributed by atoms with van der Waals surface area (Å²) in [5.74, 6) is 1.29. The Bertz CT molecular complexity index is 713. The van der Waals surface area contributed by atoms with Gasteiger partial charge in [-0.15, -0.1) is 11.8 Å². The third-order valence-electron chi connectivity index (χ3n) is 4.55. The van der Waals surface area contributed by atoms with Crippen molar-refractivity contribution in [2.75, 3.05) is 12.3 Å². The van der Waals surface area contributed by atoms with Gasteiger partial charge in [0, 0.05) is 24.7 Å². The largest absolute Gasteiger partial charge is 0.391 e. The van der Waals surface area contributed by atoms with Crippen molar-refractivity contribution in [2.24, 2.45) is 0 Å². The first-order valence-corrected chi connectivity index (χ1v) is 9.69. The molecule has 0 aromatic carbocycles. The number of amides is 1. The molecule has 1 aliphatic heterocycles. The van der Waals surface area contributed by atoms with E-state index in [0.717, 1.165) is 42.9 Å². The molecule has 1 fully saturated rings. The molecule has 1 saturated heterocycles. The van der Waals surface area contributed by atoms with Crippen molar-refractivity contribution in [3.63, 3.8) is 0 Å². The highest BCUT2D eigenvalue weighted by molar-refractivity contribution is 7.99. The topological polar surface area (TPSA) is 57.8 Å². The molecule has 3 rings (SSSR count). The quantitative estimate of drug-likeness (QED) is 0.903. The molecular weight excluding hydrogens is 322 g/mol. The molecule has 0 spiro atoms. The van der Waals surface area contributed by atoms with Crippen molar-refractivity contribution in [3.05, 3.63) is 35.8 Å². The summed E-state index contributed by atoms with van der Waals surface area (Å²) in [4.78, 5) is 18.9. The van der Waals surface area contributed by atoms with E-state index in [1.165, 1.54) is 5.56 Å². The van der Waals surface area contributed by atoms with E-state index in [2.05, 4.69) is 24.2 Å². The molecule has 3 heterocycles. The van der Waals surface area contributed by atoms with Crippen LogP contribution in [0.2, 0.25) is 0 Å². The number of aromatic nitrogens is 2. The van der Waals surface area contributed by atoms with Crippen molar-refractivity contribution in [2.45, 2.75) is 51.0 Å². The van der Waals surface area contributed by atoms with Gasteiger partial charge in [-0.2, -0.15) is 0 Å². The summed E-state index contributed by atoms with van der Waals surface area (Å²) in [6, 6.07) is 4.04. The molecule has 0 saturated carbocycles. The summed E-state index contributed by atoms with van der Waals surface area (Å²) in [5.41, 5.74) is 3.13. The lowest BCUT2D eigenvalue weighted by molar-refractivity contribution is -0.134. The zero-order chi connectivity index (χ0) is 17.1. The molecule has 1 amide bonds. The molecule has 24 heavy (non-hydrogen) atoms. The summed E-state index contributed by atoms with van der Waals surface area (Å²) in [6.07, 6.45) is 6.65. The highest BCUT2D eigenvalue weighted by Crippen LogP contribution is 2.22. The highest BCUT2D eigenvalue weighted by atomic mass is 32.2. The monoisotopic (exact) mass is 347 g/mol. The third-order valence-corrected chi connectivity index (χ3v) is 5.50. The van der Waals surface area contributed by atoms with Crippen LogP contribution >= 0.6 is 11.8 Å². The Morgan fingerprint density at radius 3 is 3.04 bits per heavy atom. The third kappa shape index (κ3) is 3.92. The van der Waals surface area contributed by atoms with Gasteiger partial charge in [-0.05, 0) is 44.7 Å². The van der Waals surface area contributed by atoms with Gasteiger partial charge in [-0.1, -0.05) is 6.07 Å². The maximum absolute atomic E-state index is 12.5. The Kier molecular flexibility index (Phi) is 5.46. The number of rotatable bonds is 5. The summed E-state index contributed by atoms with van der Waals surface area (Å²) < 4.78 is 2.03. The highest BCUT2D eigenvalue weighted by Gasteiger charge is 2.29. The Morgan fingerprint density at radius 1 is 1.42 bits per heavy atom. The minimum Gasteiger partial charge on any atom is -0.391 e.